The number of benzene rings is 2. The van der Waals surface area contributed by atoms with Crippen LogP contribution < -0.4 is 0 Å². The fourth-order valence-electron chi connectivity index (χ4n) is 3.21. The van der Waals surface area contributed by atoms with E-state index >= 15 is 0 Å². The number of nitrogens with zero attached hydrogens (tertiary/aromatic N) is 4. The molecule has 0 amide bonds. The zero-order valence-corrected chi connectivity index (χ0v) is 14.7. The van der Waals surface area contributed by atoms with Crippen LogP contribution in [0.3, 0.4) is 0 Å². The number of hydrogen-bond donors (Lipinski definition) is 0. The van der Waals surface area contributed by atoms with Crippen LogP contribution in [0.2, 0.25) is 5.02 Å². The second kappa shape index (κ2) is 5.87. The second-order valence-corrected chi connectivity index (χ2v) is 6.43. The average Bonchev–Trinajstić information content (AvgIpc) is 2.81. The van der Waals surface area contributed by atoms with Gasteiger partial charge in [-0.05, 0) is 38.1 Å². The van der Waals surface area contributed by atoms with Gasteiger partial charge in [-0.15, -0.1) is 0 Å². The van der Waals surface area contributed by atoms with Gasteiger partial charge >= 0.3 is 0 Å². The lowest BCUT2D eigenvalue weighted by molar-refractivity contribution is 0.863. The lowest BCUT2D eigenvalue weighted by Crippen LogP contribution is -2.09. The summed E-state index contributed by atoms with van der Waals surface area (Å²) in [5, 5.41) is 9.98. The summed E-state index contributed by atoms with van der Waals surface area (Å²) in [6.07, 6.45) is 0. The molecule has 0 atom stereocenters. The van der Waals surface area contributed by atoms with Crippen LogP contribution in [0.4, 0.5) is 0 Å². The molecule has 1 aliphatic rings. The van der Waals surface area contributed by atoms with Gasteiger partial charge < -0.3 is 0 Å². The van der Waals surface area contributed by atoms with Crippen molar-refractivity contribution in [2.45, 2.75) is 20.4 Å². The lowest BCUT2D eigenvalue weighted by atomic mass is 9.98. The van der Waals surface area contributed by atoms with Crippen molar-refractivity contribution in [2.24, 2.45) is 4.99 Å². The van der Waals surface area contributed by atoms with Crippen LogP contribution in [-0.2, 0) is 6.54 Å². The van der Waals surface area contributed by atoms with Gasteiger partial charge in [-0.25, -0.2) is 4.98 Å². The molecule has 0 saturated carbocycles. The number of nitriles is 1. The molecule has 25 heavy (non-hydrogen) atoms. The van der Waals surface area contributed by atoms with Crippen LogP contribution in [0, 0.1) is 25.2 Å². The smallest absolute Gasteiger partial charge is 0.135 e. The number of hydrogen-bond acceptors (Lipinski definition) is 3. The van der Waals surface area contributed by atoms with E-state index in [9.17, 15) is 5.26 Å². The predicted octanol–water partition coefficient (Wildman–Crippen LogP) is 4.37. The number of aryl methyl sites for hydroxylation is 1. The van der Waals surface area contributed by atoms with E-state index in [4.69, 9.17) is 16.6 Å². The van der Waals surface area contributed by atoms with Gasteiger partial charge in [0.2, 0.25) is 0 Å². The third-order valence-corrected chi connectivity index (χ3v) is 4.87. The maximum Gasteiger partial charge on any atom is 0.135 e. The van der Waals surface area contributed by atoms with Gasteiger partial charge in [-0.3, -0.25) is 9.56 Å². The monoisotopic (exact) mass is 346 g/mol. The Balaban J connectivity index is 2.05. The Labute approximate surface area is 151 Å². The maximum absolute atomic E-state index is 9.34. The van der Waals surface area contributed by atoms with Crippen molar-refractivity contribution in [3.05, 3.63) is 81.4 Å². The molecule has 0 N–H and O–H groups in total. The molecule has 122 valence electrons. The minimum absolute atomic E-state index is 0.464. The van der Waals surface area contributed by atoms with E-state index in [1.807, 2.05) is 56.3 Å². The first-order valence-corrected chi connectivity index (χ1v) is 8.37. The van der Waals surface area contributed by atoms with E-state index in [0.29, 0.717) is 17.1 Å². The van der Waals surface area contributed by atoms with E-state index in [1.54, 1.807) is 0 Å². The fraction of sp³-hybridized carbons (Fsp3) is 0.150. The third-order valence-electron chi connectivity index (χ3n) is 4.54. The molecule has 0 bridgehead atoms. The molecule has 4 nitrogen and oxygen atoms in total. The van der Waals surface area contributed by atoms with E-state index in [1.165, 1.54) is 0 Å². The summed E-state index contributed by atoms with van der Waals surface area (Å²) in [5.41, 5.74) is 6.19. The molecule has 0 spiro atoms. The molecule has 2 heterocycles. The molecule has 4 rings (SSSR count). The summed E-state index contributed by atoms with van der Waals surface area (Å²) in [6, 6.07) is 15.5. The number of fused-ring (bicyclic) bond motifs is 3. The molecular weight excluding hydrogens is 332 g/mol. The van der Waals surface area contributed by atoms with Crippen LogP contribution >= 0.6 is 11.6 Å². The summed E-state index contributed by atoms with van der Waals surface area (Å²) >= 11 is 6.42. The number of halogens is 1. The highest BCUT2D eigenvalue weighted by Gasteiger charge is 2.23. The van der Waals surface area contributed by atoms with Crippen molar-refractivity contribution in [3.8, 4) is 11.8 Å². The Morgan fingerprint density at radius 2 is 1.92 bits per heavy atom. The Morgan fingerprint density at radius 3 is 2.68 bits per heavy atom. The highest BCUT2D eigenvalue weighted by atomic mass is 35.5. The number of imidazole rings is 1. The van der Waals surface area contributed by atoms with E-state index < -0.39 is 0 Å². The van der Waals surface area contributed by atoms with E-state index in [0.717, 1.165) is 39.7 Å². The molecular formula is C20H15ClN4. The normalized spacial score (nSPS) is 12.6. The van der Waals surface area contributed by atoms with Crippen LogP contribution in [0.15, 0.2) is 47.5 Å². The number of aromatic nitrogens is 2. The molecule has 1 aliphatic heterocycles. The summed E-state index contributed by atoms with van der Waals surface area (Å²) in [6.45, 7) is 4.51. The van der Waals surface area contributed by atoms with E-state index in [2.05, 4.69) is 15.6 Å². The number of rotatable bonds is 1. The van der Waals surface area contributed by atoms with Crippen LogP contribution in [0.25, 0.3) is 5.69 Å². The van der Waals surface area contributed by atoms with Crippen LogP contribution in [-0.4, -0.2) is 15.3 Å². The summed E-state index contributed by atoms with van der Waals surface area (Å²) in [4.78, 5) is 9.47. The zero-order valence-electron chi connectivity index (χ0n) is 13.9. The molecule has 2 aromatic carbocycles. The lowest BCUT2D eigenvalue weighted by Gasteiger charge is -2.14. The minimum atomic E-state index is 0.464. The van der Waals surface area contributed by atoms with Gasteiger partial charge in [0.25, 0.3) is 0 Å². The molecule has 3 aromatic rings. The first kappa shape index (κ1) is 15.6. The van der Waals surface area contributed by atoms with Crippen LogP contribution in [0.1, 0.15) is 33.9 Å². The fourth-order valence-corrected chi connectivity index (χ4v) is 3.44. The highest BCUT2D eigenvalue weighted by molar-refractivity contribution is 6.35. The summed E-state index contributed by atoms with van der Waals surface area (Å²) < 4.78 is 2.12. The maximum atomic E-state index is 9.34. The van der Waals surface area contributed by atoms with Gasteiger partial charge in [0, 0.05) is 21.8 Å². The Morgan fingerprint density at radius 1 is 1.12 bits per heavy atom. The van der Waals surface area contributed by atoms with Gasteiger partial charge in [-0.1, -0.05) is 29.8 Å². The topological polar surface area (TPSA) is 54.0 Å². The Hall–Kier alpha value is -2.90. The van der Waals surface area contributed by atoms with Crippen LogP contribution in [0.5, 0.6) is 0 Å². The molecule has 0 saturated heterocycles. The predicted molar refractivity (Wildman–Crippen MR) is 98.5 cm³/mol. The van der Waals surface area contributed by atoms with Crippen molar-refractivity contribution in [1.82, 2.24) is 9.55 Å². The summed E-state index contributed by atoms with van der Waals surface area (Å²) in [5.74, 6) is 0.892. The van der Waals surface area contributed by atoms with Crippen molar-refractivity contribution in [3.63, 3.8) is 0 Å². The van der Waals surface area contributed by atoms with Crippen molar-refractivity contribution < 1.29 is 0 Å². The molecule has 0 radical (unpaired) electrons. The molecule has 0 unspecified atom stereocenters. The van der Waals surface area contributed by atoms with Gasteiger partial charge in [0.1, 0.15) is 5.82 Å². The van der Waals surface area contributed by atoms with Crippen molar-refractivity contribution in [1.29, 1.82) is 5.26 Å². The van der Waals surface area contributed by atoms with E-state index in [-0.39, 0.29) is 0 Å². The SMILES string of the molecule is Cc1nc2n(c1C)-c1ccc(C#N)cc1C(c1ccccc1Cl)=NC2. The van der Waals surface area contributed by atoms with Gasteiger partial charge in [0.15, 0.2) is 0 Å². The highest BCUT2D eigenvalue weighted by Crippen LogP contribution is 2.30. The molecule has 1 aromatic heterocycles. The summed E-state index contributed by atoms with van der Waals surface area (Å²) in [7, 11) is 0. The largest absolute Gasteiger partial charge is 0.298 e. The standard InChI is InChI=1S/C20H15ClN4/c1-12-13(2)25-18-8-7-14(10-22)9-16(18)20(23-11-19(25)24-12)15-5-3-4-6-17(15)21/h3-9H,11H2,1-2H3. The Bertz CT molecular complexity index is 1070. The quantitative estimate of drug-likeness (QED) is 0.657. The first-order valence-electron chi connectivity index (χ1n) is 7.99. The molecule has 0 aliphatic carbocycles. The van der Waals surface area contributed by atoms with Crippen molar-refractivity contribution >= 4 is 17.3 Å². The Kier molecular flexibility index (Phi) is 3.67. The first-order chi connectivity index (χ1) is 12.1. The minimum Gasteiger partial charge on any atom is -0.298 e. The zero-order chi connectivity index (χ0) is 17.6. The third kappa shape index (κ3) is 2.45. The molecule has 5 heteroatoms. The number of aliphatic imine (C=N–C) groups is 1. The average molecular weight is 347 g/mol. The van der Waals surface area contributed by atoms with Gasteiger partial charge in [0.05, 0.1) is 35.3 Å². The second-order valence-electron chi connectivity index (χ2n) is 6.02. The van der Waals surface area contributed by atoms with Gasteiger partial charge in [-0.2, -0.15) is 5.26 Å². The van der Waals surface area contributed by atoms with Crippen molar-refractivity contribution in [2.75, 3.05) is 0 Å². The molecule has 0 fully saturated rings.